The number of Topliss-reactive ketones (excluding diaryl/α,β-unsaturated/α-hetero) is 1. The van der Waals surface area contributed by atoms with E-state index in [2.05, 4.69) is 4.98 Å². The van der Waals surface area contributed by atoms with E-state index >= 15 is 0 Å². The Labute approximate surface area is 210 Å². The standard InChI is InChI=1S/C27H22FN3O4S/c1-30(2)18-9-4-15(5-10-18)23-22(24(32)16-6-11-19(35-3)12-7-16)25(33)26(34)31(23)27-29-20-13-8-17(28)14-21(20)36-27/h4-14,23,32H,1-3H3/b24-22+. The van der Waals surface area contributed by atoms with Gasteiger partial charge in [-0.15, -0.1) is 0 Å². The molecule has 5 rings (SSSR count). The predicted octanol–water partition coefficient (Wildman–Crippen LogP) is 5.14. The number of ketones is 1. The summed E-state index contributed by atoms with van der Waals surface area (Å²) in [5, 5.41) is 11.5. The number of thiazole rings is 1. The SMILES string of the molecule is COc1ccc(/C(O)=C2\C(=O)C(=O)N(c3nc4ccc(F)cc4s3)C2c2ccc(N(C)C)cc2)cc1. The molecule has 0 aliphatic carbocycles. The maximum Gasteiger partial charge on any atom is 0.301 e. The van der Waals surface area contributed by atoms with Crippen LogP contribution in [0.5, 0.6) is 5.75 Å². The molecule has 1 aliphatic rings. The molecule has 1 saturated heterocycles. The fourth-order valence-corrected chi connectivity index (χ4v) is 5.21. The van der Waals surface area contributed by atoms with E-state index in [0.29, 0.717) is 27.1 Å². The number of halogens is 1. The molecule has 1 aliphatic heterocycles. The van der Waals surface area contributed by atoms with Crippen LogP contribution in [0.2, 0.25) is 0 Å². The molecule has 0 radical (unpaired) electrons. The lowest BCUT2D eigenvalue weighted by atomic mass is 9.95. The van der Waals surface area contributed by atoms with Crippen molar-refractivity contribution < 1.29 is 23.8 Å². The van der Waals surface area contributed by atoms with Crippen molar-refractivity contribution in [2.24, 2.45) is 0 Å². The van der Waals surface area contributed by atoms with Crippen molar-refractivity contribution in [1.82, 2.24) is 4.98 Å². The molecule has 1 atom stereocenters. The van der Waals surface area contributed by atoms with Gasteiger partial charge in [0.15, 0.2) is 5.13 Å². The molecule has 1 N–H and O–H groups in total. The van der Waals surface area contributed by atoms with E-state index in [1.54, 1.807) is 24.3 Å². The molecule has 0 saturated carbocycles. The number of hydrogen-bond donors (Lipinski definition) is 1. The summed E-state index contributed by atoms with van der Waals surface area (Å²) in [6.07, 6.45) is 0. The van der Waals surface area contributed by atoms with Crippen molar-refractivity contribution in [2.75, 3.05) is 31.0 Å². The van der Waals surface area contributed by atoms with Gasteiger partial charge in [-0.2, -0.15) is 0 Å². The van der Waals surface area contributed by atoms with Crippen molar-refractivity contribution in [1.29, 1.82) is 0 Å². The summed E-state index contributed by atoms with van der Waals surface area (Å²) in [4.78, 5) is 34.4. The molecule has 1 aromatic heterocycles. The third-order valence-electron chi connectivity index (χ3n) is 6.08. The Morgan fingerprint density at radius 2 is 1.75 bits per heavy atom. The van der Waals surface area contributed by atoms with Crippen LogP contribution in [0.4, 0.5) is 15.2 Å². The number of anilines is 2. The van der Waals surface area contributed by atoms with Crippen LogP contribution in [0.25, 0.3) is 16.0 Å². The number of aromatic nitrogens is 1. The maximum atomic E-state index is 13.8. The average molecular weight is 504 g/mol. The number of carbonyl (C=O) groups is 2. The highest BCUT2D eigenvalue weighted by Crippen LogP contribution is 2.44. The first-order valence-electron chi connectivity index (χ1n) is 11.1. The Morgan fingerprint density at radius 1 is 1.06 bits per heavy atom. The highest BCUT2D eigenvalue weighted by atomic mass is 32.1. The van der Waals surface area contributed by atoms with Gasteiger partial charge in [0.2, 0.25) is 0 Å². The zero-order valence-electron chi connectivity index (χ0n) is 19.7. The van der Waals surface area contributed by atoms with Crippen LogP contribution in [-0.4, -0.2) is 43.0 Å². The number of hydrogen-bond acceptors (Lipinski definition) is 7. The monoisotopic (exact) mass is 503 g/mol. The van der Waals surface area contributed by atoms with Crippen LogP contribution in [0.1, 0.15) is 17.2 Å². The van der Waals surface area contributed by atoms with Gasteiger partial charge in [0, 0.05) is 25.3 Å². The van der Waals surface area contributed by atoms with Gasteiger partial charge in [-0.1, -0.05) is 23.5 Å². The van der Waals surface area contributed by atoms with Crippen LogP contribution in [0.15, 0.2) is 72.3 Å². The van der Waals surface area contributed by atoms with Crippen LogP contribution in [-0.2, 0) is 9.59 Å². The molecule has 182 valence electrons. The molecule has 0 bridgehead atoms. The lowest BCUT2D eigenvalue weighted by Crippen LogP contribution is -2.29. The summed E-state index contributed by atoms with van der Waals surface area (Å²) in [5.41, 5.74) is 2.39. The Morgan fingerprint density at radius 3 is 2.39 bits per heavy atom. The number of aliphatic hydroxyl groups is 1. The molecular weight excluding hydrogens is 481 g/mol. The first-order chi connectivity index (χ1) is 17.3. The number of carbonyl (C=O) groups excluding carboxylic acids is 2. The van der Waals surface area contributed by atoms with E-state index in [-0.39, 0.29) is 16.5 Å². The third-order valence-corrected chi connectivity index (χ3v) is 7.10. The Balaban J connectivity index is 1.70. The van der Waals surface area contributed by atoms with Crippen molar-refractivity contribution in [2.45, 2.75) is 6.04 Å². The Kier molecular flexibility index (Phi) is 5.93. The smallest absolute Gasteiger partial charge is 0.301 e. The summed E-state index contributed by atoms with van der Waals surface area (Å²) in [6.45, 7) is 0. The first kappa shape index (κ1) is 23.5. The number of ether oxygens (including phenoxy) is 1. The minimum Gasteiger partial charge on any atom is -0.507 e. The quantitative estimate of drug-likeness (QED) is 0.231. The summed E-state index contributed by atoms with van der Waals surface area (Å²) in [6, 6.07) is 17.2. The van der Waals surface area contributed by atoms with Gasteiger partial charge in [-0.3, -0.25) is 14.5 Å². The van der Waals surface area contributed by atoms with E-state index in [1.807, 2.05) is 43.3 Å². The number of benzene rings is 3. The number of nitrogens with zero attached hydrogens (tertiary/aromatic N) is 3. The van der Waals surface area contributed by atoms with Gasteiger partial charge in [-0.05, 0) is 60.2 Å². The summed E-state index contributed by atoms with van der Waals surface area (Å²) in [7, 11) is 5.34. The summed E-state index contributed by atoms with van der Waals surface area (Å²) >= 11 is 1.11. The minimum absolute atomic E-state index is 0.0480. The van der Waals surface area contributed by atoms with Crippen LogP contribution >= 0.6 is 11.3 Å². The van der Waals surface area contributed by atoms with E-state index in [4.69, 9.17) is 4.74 Å². The van der Waals surface area contributed by atoms with Gasteiger partial charge in [0.25, 0.3) is 5.78 Å². The first-order valence-corrected chi connectivity index (χ1v) is 11.9. The molecule has 1 amide bonds. The second-order valence-electron chi connectivity index (χ2n) is 8.49. The van der Waals surface area contributed by atoms with Crippen molar-refractivity contribution in [3.8, 4) is 5.75 Å². The fourth-order valence-electron chi connectivity index (χ4n) is 4.19. The molecule has 36 heavy (non-hydrogen) atoms. The van der Waals surface area contributed by atoms with Crippen LogP contribution in [0.3, 0.4) is 0 Å². The molecule has 1 unspecified atom stereocenters. The molecule has 9 heteroatoms. The molecule has 0 spiro atoms. The number of aliphatic hydroxyl groups excluding tert-OH is 1. The molecular formula is C27H22FN3O4S. The van der Waals surface area contributed by atoms with Crippen molar-refractivity contribution in [3.05, 3.63) is 89.2 Å². The van der Waals surface area contributed by atoms with Crippen LogP contribution < -0.4 is 14.5 Å². The Bertz CT molecular complexity index is 1510. The average Bonchev–Trinajstić information content (AvgIpc) is 3.41. The highest BCUT2D eigenvalue weighted by molar-refractivity contribution is 7.22. The maximum absolute atomic E-state index is 13.8. The molecule has 4 aromatic rings. The van der Waals surface area contributed by atoms with E-state index in [0.717, 1.165) is 17.0 Å². The predicted molar refractivity (Wildman–Crippen MR) is 138 cm³/mol. The van der Waals surface area contributed by atoms with Crippen molar-refractivity contribution in [3.63, 3.8) is 0 Å². The molecule has 1 fully saturated rings. The highest BCUT2D eigenvalue weighted by Gasteiger charge is 2.48. The second-order valence-corrected chi connectivity index (χ2v) is 9.50. The Hall–Kier alpha value is -4.24. The van der Waals surface area contributed by atoms with Gasteiger partial charge in [-0.25, -0.2) is 9.37 Å². The van der Waals surface area contributed by atoms with E-state index in [9.17, 15) is 19.1 Å². The lowest BCUT2D eigenvalue weighted by Gasteiger charge is -2.23. The van der Waals surface area contributed by atoms with Gasteiger partial charge in [0.1, 0.15) is 17.3 Å². The lowest BCUT2D eigenvalue weighted by molar-refractivity contribution is -0.132. The van der Waals surface area contributed by atoms with Gasteiger partial charge < -0.3 is 14.7 Å². The van der Waals surface area contributed by atoms with E-state index < -0.39 is 23.5 Å². The van der Waals surface area contributed by atoms with Crippen LogP contribution in [0, 0.1) is 5.82 Å². The number of rotatable bonds is 5. The fraction of sp³-hybridized carbons (Fsp3) is 0.148. The van der Waals surface area contributed by atoms with Gasteiger partial charge in [0.05, 0.1) is 28.9 Å². The van der Waals surface area contributed by atoms with Crippen molar-refractivity contribution >= 4 is 49.8 Å². The second kappa shape index (κ2) is 9.09. The number of amides is 1. The van der Waals surface area contributed by atoms with Gasteiger partial charge >= 0.3 is 5.91 Å². The number of methoxy groups -OCH3 is 1. The molecule has 7 nitrogen and oxygen atoms in total. The minimum atomic E-state index is -0.922. The largest absolute Gasteiger partial charge is 0.507 e. The third kappa shape index (κ3) is 3.97. The molecule has 2 heterocycles. The summed E-state index contributed by atoms with van der Waals surface area (Å²) in [5.74, 6) is -1.77. The topological polar surface area (TPSA) is 83.0 Å². The summed E-state index contributed by atoms with van der Waals surface area (Å²) < 4.78 is 19.5. The zero-order chi connectivity index (χ0) is 25.6. The number of fused-ring (bicyclic) bond motifs is 1. The zero-order valence-corrected chi connectivity index (χ0v) is 20.5. The van der Waals surface area contributed by atoms with E-state index in [1.165, 1.54) is 30.2 Å². The molecule has 3 aromatic carbocycles. The normalized spacial score (nSPS) is 17.1.